The van der Waals surface area contributed by atoms with Gasteiger partial charge in [0, 0.05) is 5.02 Å². The minimum atomic E-state index is -3.64. The topological polar surface area (TPSA) is 75.7 Å². The van der Waals surface area contributed by atoms with E-state index in [2.05, 4.69) is 5.32 Å². The lowest BCUT2D eigenvalue weighted by Crippen LogP contribution is -2.41. The van der Waals surface area contributed by atoms with Gasteiger partial charge in [0.2, 0.25) is 15.9 Å². The van der Waals surface area contributed by atoms with E-state index in [0.717, 1.165) is 21.9 Å². The number of amides is 1. The standard InChI is InChI=1S/C18H21ClN2O4S/c1-13(14-7-9-17(25-2)10-8-14)20-18(22)12-21(26(3,23)24)16-6-4-5-15(19)11-16/h4-11,13H,12H2,1-3H3,(H,20,22)/t13-/m1/s1. The first-order valence-electron chi connectivity index (χ1n) is 7.87. The zero-order valence-corrected chi connectivity index (χ0v) is 16.3. The van der Waals surface area contributed by atoms with E-state index in [0.29, 0.717) is 10.7 Å². The van der Waals surface area contributed by atoms with Gasteiger partial charge < -0.3 is 10.1 Å². The van der Waals surface area contributed by atoms with Gasteiger partial charge >= 0.3 is 0 Å². The molecule has 0 aliphatic rings. The number of methoxy groups -OCH3 is 1. The van der Waals surface area contributed by atoms with Crippen LogP contribution in [0.2, 0.25) is 5.02 Å². The average Bonchev–Trinajstić information content (AvgIpc) is 2.58. The Morgan fingerprint density at radius 1 is 1.23 bits per heavy atom. The Hall–Kier alpha value is -2.25. The van der Waals surface area contributed by atoms with Crippen molar-refractivity contribution in [3.8, 4) is 5.75 Å². The Bertz CT molecular complexity index is 869. The number of sulfonamides is 1. The van der Waals surface area contributed by atoms with Crippen LogP contribution in [0.15, 0.2) is 48.5 Å². The summed E-state index contributed by atoms with van der Waals surface area (Å²) < 4.78 is 30.3. The molecule has 1 N–H and O–H groups in total. The SMILES string of the molecule is COc1ccc([C@@H](C)NC(=O)CN(c2cccc(Cl)c2)S(C)(=O)=O)cc1. The smallest absolute Gasteiger partial charge is 0.241 e. The Balaban J connectivity index is 2.11. The molecule has 26 heavy (non-hydrogen) atoms. The molecule has 0 saturated carbocycles. The highest BCUT2D eigenvalue weighted by molar-refractivity contribution is 7.92. The monoisotopic (exact) mass is 396 g/mol. The fourth-order valence-electron chi connectivity index (χ4n) is 2.42. The van der Waals surface area contributed by atoms with Gasteiger partial charge in [0.15, 0.2) is 0 Å². The van der Waals surface area contributed by atoms with Gasteiger partial charge in [-0.2, -0.15) is 0 Å². The van der Waals surface area contributed by atoms with Gasteiger partial charge in [-0.05, 0) is 42.8 Å². The molecule has 0 saturated heterocycles. The summed E-state index contributed by atoms with van der Waals surface area (Å²) in [7, 11) is -2.06. The van der Waals surface area contributed by atoms with Gasteiger partial charge in [-0.25, -0.2) is 8.42 Å². The molecular formula is C18H21ClN2O4S. The highest BCUT2D eigenvalue weighted by Gasteiger charge is 2.22. The Kier molecular flexibility index (Phi) is 6.50. The minimum Gasteiger partial charge on any atom is -0.497 e. The Labute approximate surface area is 158 Å². The number of hydrogen-bond donors (Lipinski definition) is 1. The molecule has 2 rings (SSSR count). The second-order valence-electron chi connectivity index (χ2n) is 5.81. The number of halogens is 1. The number of ether oxygens (including phenoxy) is 1. The third-order valence-electron chi connectivity index (χ3n) is 3.78. The Morgan fingerprint density at radius 3 is 2.42 bits per heavy atom. The zero-order chi connectivity index (χ0) is 19.3. The van der Waals surface area contributed by atoms with Gasteiger partial charge in [0.25, 0.3) is 0 Å². The van der Waals surface area contributed by atoms with Gasteiger partial charge in [-0.1, -0.05) is 29.8 Å². The molecule has 6 nitrogen and oxygen atoms in total. The maximum atomic E-state index is 12.4. The van der Waals surface area contributed by atoms with Crippen LogP contribution in [0, 0.1) is 0 Å². The van der Waals surface area contributed by atoms with E-state index in [4.69, 9.17) is 16.3 Å². The van der Waals surface area contributed by atoms with Crippen LogP contribution in [-0.4, -0.2) is 34.2 Å². The van der Waals surface area contributed by atoms with Crippen LogP contribution in [0.1, 0.15) is 18.5 Å². The van der Waals surface area contributed by atoms with Crippen molar-refractivity contribution in [1.82, 2.24) is 5.32 Å². The summed E-state index contributed by atoms with van der Waals surface area (Å²) in [5.74, 6) is 0.301. The van der Waals surface area contributed by atoms with Crippen molar-refractivity contribution in [3.63, 3.8) is 0 Å². The zero-order valence-electron chi connectivity index (χ0n) is 14.8. The first-order valence-corrected chi connectivity index (χ1v) is 10.1. The van der Waals surface area contributed by atoms with E-state index in [1.807, 2.05) is 19.1 Å². The predicted molar refractivity (Wildman–Crippen MR) is 103 cm³/mol. The van der Waals surface area contributed by atoms with E-state index in [1.165, 1.54) is 6.07 Å². The highest BCUT2D eigenvalue weighted by Crippen LogP contribution is 2.22. The van der Waals surface area contributed by atoms with Crippen LogP contribution < -0.4 is 14.4 Å². The van der Waals surface area contributed by atoms with E-state index >= 15 is 0 Å². The van der Waals surface area contributed by atoms with Crippen molar-refractivity contribution in [2.75, 3.05) is 24.2 Å². The molecule has 0 heterocycles. The fraction of sp³-hybridized carbons (Fsp3) is 0.278. The quantitative estimate of drug-likeness (QED) is 0.780. The van der Waals surface area contributed by atoms with Crippen molar-refractivity contribution in [3.05, 3.63) is 59.1 Å². The molecule has 0 aromatic heterocycles. The molecule has 0 aliphatic carbocycles. The third-order valence-corrected chi connectivity index (χ3v) is 5.15. The molecular weight excluding hydrogens is 376 g/mol. The number of carbonyl (C=O) groups excluding carboxylic acids is 1. The maximum Gasteiger partial charge on any atom is 0.241 e. The number of hydrogen-bond acceptors (Lipinski definition) is 4. The molecule has 2 aromatic rings. The highest BCUT2D eigenvalue weighted by atomic mass is 35.5. The number of anilines is 1. The molecule has 0 fully saturated rings. The molecule has 2 aromatic carbocycles. The predicted octanol–water partition coefficient (Wildman–Crippen LogP) is 2.99. The number of rotatable bonds is 7. The number of nitrogens with zero attached hydrogens (tertiary/aromatic N) is 1. The number of carbonyl (C=O) groups is 1. The molecule has 0 radical (unpaired) electrons. The first kappa shape index (κ1) is 20.1. The molecule has 0 bridgehead atoms. The van der Waals surface area contributed by atoms with E-state index in [1.54, 1.807) is 37.4 Å². The Morgan fingerprint density at radius 2 is 1.88 bits per heavy atom. The van der Waals surface area contributed by atoms with Gasteiger partial charge in [0.05, 0.1) is 25.1 Å². The first-order chi connectivity index (χ1) is 12.2. The lowest BCUT2D eigenvalue weighted by molar-refractivity contribution is -0.120. The average molecular weight is 397 g/mol. The largest absolute Gasteiger partial charge is 0.497 e. The van der Waals surface area contributed by atoms with E-state index < -0.39 is 15.9 Å². The summed E-state index contributed by atoms with van der Waals surface area (Å²) in [4.78, 5) is 12.4. The molecule has 0 aliphatic heterocycles. The van der Waals surface area contributed by atoms with Gasteiger partial charge in [0.1, 0.15) is 12.3 Å². The van der Waals surface area contributed by atoms with Crippen LogP contribution in [0.4, 0.5) is 5.69 Å². The minimum absolute atomic E-state index is 0.283. The van der Waals surface area contributed by atoms with E-state index in [-0.39, 0.29) is 12.6 Å². The van der Waals surface area contributed by atoms with Crippen molar-refractivity contribution < 1.29 is 17.9 Å². The van der Waals surface area contributed by atoms with E-state index in [9.17, 15) is 13.2 Å². The van der Waals surface area contributed by atoms with Crippen molar-refractivity contribution in [2.24, 2.45) is 0 Å². The summed E-state index contributed by atoms with van der Waals surface area (Å²) in [6, 6.07) is 13.4. The lowest BCUT2D eigenvalue weighted by Gasteiger charge is -2.23. The second kappa shape index (κ2) is 8.42. The number of nitrogens with one attached hydrogen (secondary N) is 1. The van der Waals surface area contributed by atoms with Gasteiger partial charge in [-0.15, -0.1) is 0 Å². The van der Waals surface area contributed by atoms with Crippen LogP contribution in [0.25, 0.3) is 0 Å². The maximum absolute atomic E-state index is 12.4. The molecule has 0 spiro atoms. The van der Waals surface area contributed by atoms with Crippen LogP contribution in [0.5, 0.6) is 5.75 Å². The molecule has 140 valence electrons. The number of benzene rings is 2. The summed E-state index contributed by atoms with van der Waals surface area (Å²) >= 11 is 5.93. The molecule has 1 atom stereocenters. The fourth-order valence-corrected chi connectivity index (χ4v) is 3.46. The van der Waals surface area contributed by atoms with Crippen molar-refractivity contribution in [2.45, 2.75) is 13.0 Å². The normalized spacial score (nSPS) is 12.3. The molecule has 0 unspecified atom stereocenters. The summed E-state index contributed by atoms with van der Waals surface area (Å²) in [5, 5.41) is 3.19. The molecule has 8 heteroatoms. The van der Waals surface area contributed by atoms with Crippen LogP contribution in [-0.2, 0) is 14.8 Å². The van der Waals surface area contributed by atoms with Crippen LogP contribution >= 0.6 is 11.6 Å². The second-order valence-corrected chi connectivity index (χ2v) is 8.16. The molecule has 1 amide bonds. The van der Waals surface area contributed by atoms with Crippen LogP contribution in [0.3, 0.4) is 0 Å². The summed E-state index contributed by atoms with van der Waals surface area (Å²) in [5.41, 5.74) is 1.22. The van der Waals surface area contributed by atoms with Crippen molar-refractivity contribution >= 4 is 33.2 Å². The third kappa shape index (κ3) is 5.37. The summed E-state index contributed by atoms with van der Waals surface area (Å²) in [6.45, 7) is 1.49. The van der Waals surface area contributed by atoms with Gasteiger partial charge in [-0.3, -0.25) is 9.10 Å². The lowest BCUT2D eigenvalue weighted by atomic mass is 10.1. The van der Waals surface area contributed by atoms with Crippen molar-refractivity contribution in [1.29, 1.82) is 0 Å². The summed E-state index contributed by atoms with van der Waals surface area (Å²) in [6.07, 6.45) is 1.05.